The lowest BCUT2D eigenvalue weighted by atomic mass is 9.97. The summed E-state index contributed by atoms with van der Waals surface area (Å²) in [4.78, 5) is 31.1. The number of ether oxygens (including phenoxy) is 1. The maximum Gasteiger partial charge on any atom is 0.257 e. The second-order valence-electron chi connectivity index (χ2n) is 7.55. The van der Waals surface area contributed by atoms with E-state index in [4.69, 9.17) is 4.74 Å². The van der Waals surface area contributed by atoms with Crippen molar-refractivity contribution in [2.24, 2.45) is 0 Å². The number of nitrogens with one attached hydrogen (secondary N) is 2. The molecule has 0 atom stereocenters. The number of hydrogen-bond donors (Lipinski definition) is 2. The van der Waals surface area contributed by atoms with Gasteiger partial charge in [0.25, 0.3) is 11.8 Å². The van der Waals surface area contributed by atoms with Gasteiger partial charge < -0.3 is 20.3 Å². The van der Waals surface area contributed by atoms with Gasteiger partial charge in [0.05, 0.1) is 18.8 Å². The third kappa shape index (κ3) is 3.87. The van der Waals surface area contributed by atoms with E-state index in [0.29, 0.717) is 31.0 Å². The molecule has 7 heteroatoms. The van der Waals surface area contributed by atoms with Crippen LogP contribution in [0, 0.1) is 0 Å². The second kappa shape index (κ2) is 8.20. The smallest absolute Gasteiger partial charge is 0.257 e. The Bertz CT molecular complexity index is 1120. The van der Waals surface area contributed by atoms with Crippen molar-refractivity contribution in [2.45, 2.75) is 6.54 Å². The summed E-state index contributed by atoms with van der Waals surface area (Å²) in [6.45, 7) is 3.53. The Morgan fingerprint density at radius 2 is 1.77 bits per heavy atom. The molecule has 31 heavy (non-hydrogen) atoms. The van der Waals surface area contributed by atoms with Crippen LogP contribution >= 0.6 is 0 Å². The number of rotatable bonds is 4. The Hall–Kier alpha value is -3.71. The molecule has 1 fully saturated rings. The number of nitrogens with zero attached hydrogens (tertiary/aromatic N) is 2. The lowest BCUT2D eigenvalue weighted by Gasteiger charge is -2.27. The fourth-order valence-corrected chi connectivity index (χ4v) is 3.96. The van der Waals surface area contributed by atoms with Gasteiger partial charge in [-0.15, -0.1) is 0 Å². The van der Waals surface area contributed by atoms with E-state index in [-0.39, 0.29) is 11.8 Å². The number of fused-ring (bicyclic) bond motifs is 1. The number of aromatic nitrogens is 1. The Morgan fingerprint density at radius 1 is 1.00 bits per heavy atom. The number of carbonyl (C=O) groups excluding carboxylic acids is 2. The summed E-state index contributed by atoms with van der Waals surface area (Å²) in [6.07, 6.45) is 1.60. The first-order valence-corrected chi connectivity index (χ1v) is 10.3. The molecule has 0 saturated carbocycles. The summed E-state index contributed by atoms with van der Waals surface area (Å²) < 4.78 is 5.36. The fraction of sp³-hybridized carbons (Fsp3) is 0.208. The van der Waals surface area contributed by atoms with Crippen LogP contribution in [0.3, 0.4) is 0 Å². The fourth-order valence-electron chi connectivity index (χ4n) is 3.96. The van der Waals surface area contributed by atoms with Gasteiger partial charge in [-0.2, -0.15) is 0 Å². The molecule has 7 nitrogen and oxygen atoms in total. The zero-order valence-corrected chi connectivity index (χ0v) is 16.9. The highest BCUT2D eigenvalue weighted by atomic mass is 16.5. The third-order valence-electron chi connectivity index (χ3n) is 5.65. The van der Waals surface area contributed by atoms with Gasteiger partial charge in [-0.3, -0.25) is 9.59 Å². The van der Waals surface area contributed by atoms with Crippen LogP contribution in [0.5, 0.6) is 0 Å². The van der Waals surface area contributed by atoms with Gasteiger partial charge in [-0.25, -0.2) is 4.98 Å². The van der Waals surface area contributed by atoms with Crippen molar-refractivity contribution in [3.05, 3.63) is 77.5 Å². The molecule has 0 aliphatic carbocycles. The van der Waals surface area contributed by atoms with Gasteiger partial charge in [0.2, 0.25) is 0 Å². The molecule has 0 bridgehead atoms. The van der Waals surface area contributed by atoms with Gasteiger partial charge in [0.15, 0.2) is 0 Å². The summed E-state index contributed by atoms with van der Waals surface area (Å²) in [6, 6.07) is 17.0. The van der Waals surface area contributed by atoms with Gasteiger partial charge >= 0.3 is 0 Å². The van der Waals surface area contributed by atoms with E-state index < -0.39 is 0 Å². The minimum absolute atomic E-state index is 0.0334. The molecule has 3 aromatic rings. The summed E-state index contributed by atoms with van der Waals surface area (Å²) >= 11 is 0. The van der Waals surface area contributed by atoms with Crippen molar-refractivity contribution in [3.8, 4) is 11.1 Å². The number of amides is 2. The first kappa shape index (κ1) is 19.3. The predicted molar refractivity (Wildman–Crippen MR) is 118 cm³/mol. The lowest BCUT2D eigenvalue weighted by molar-refractivity contribution is 0.0964. The molecule has 5 rings (SSSR count). The molecule has 3 heterocycles. The number of benzene rings is 2. The van der Waals surface area contributed by atoms with Crippen LogP contribution in [0.2, 0.25) is 0 Å². The largest absolute Gasteiger partial charge is 0.378 e. The van der Waals surface area contributed by atoms with Crippen LogP contribution in [0.15, 0.2) is 60.8 Å². The highest BCUT2D eigenvalue weighted by Gasteiger charge is 2.21. The Kier molecular flexibility index (Phi) is 5.09. The average molecular weight is 414 g/mol. The van der Waals surface area contributed by atoms with Crippen molar-refractivity contribution in [1.82, 2.24) is 10.3 Å². The van der Waals surface area contributed by atoms with Gasteiger partial charge in [-0.05, 0) is 47.0 Å². The minimum atomic E-state index is -0.204. The van der Waals surface area contributed by atoms with Crippen LogP contribution in [0.1, 0.15) is 26.3 Å². The summed E-state index contributed by atoms with van der Waals surface area (Å²) in [5.41, 5.74) is 4.97. The van der Waals surface area contributed by atoms with Crippen LogP contribution in [0.25, 0.3) is 11.1 Å². The molecule has 156 valence electrons. The summed E-state index contributed by atoms with van der Waals surface area (Å²) in [5, 5.41) is 5.78. The maximum absolute atomic E-state index is 12.6. The van der Waals surface area contributed by atoms with Gasteiger partial charge in [0, 0.05) is 37.1 Å². The summed E-state index contributed by atoms with van der Waals surface area (Å²) in [5.74, 6) is 0.616. The predicted octanol–water partition coefficient (Wildman–Crippen LogP) is 3.08. The number of anilines is 2. The SMILES string of the molecule is O=C(Nc1ccc(-c2cccc3c2CNC3=O)cc1)c1ccc(N2CCOCC2)nc1. The normalized spacial score (nSPS) is 15.4. The van der Waals surface area contributed by atoms with Crippen LogP contribution in [-0.4, -0.2) is 43.1 Å². The first-order valence-electron chi connectivity index (χ1n) is 10.3. The van der Waals surface area contributed by atoms with Crippen LogP contribution in [-0.2, 0) is 11.3 Å². The molecule has 2 aliphatic rings. The van der Waals surface area contributed by atoms with E-state index in [2.05, 4.69) is 20.5 Å². The number of hydrogen-bond acceptors (Lipinski definition) is 5. The molecule has 2 aliphatic heterocycles. The second-order valence-corrected chi connectivity index (χ2v) is 7.55. The zero-order valence-electron chi connectivity index (χ0n) is 16.9. The van der Waals surface area contributed by atoms with Crippen molar-refractivity contribution in [2.75, 3.05) is 36.5 Å². The number of pyridine rings is 1. The molecular formula is C24H22N4O3. The van der Waals surface area contributed by atoms with E-state index in [1.807, 2.05) is 48.5 Å². The minimum Gasteiger partial charge on any atom is -0.378 e. The van der Waals surface area contributed by atoms with Crippen molar-refractivity contribution in [1.29, 1.82) is 0 Å². The molecule has 2 amide bonds. The number of morpholine rings is 1. The lowest BCUT2D eigenvalue weighted by Crippen LogP contribution is -2.36. The van der Waals surface area contributed by atoms with E-state index >= 15 is 0 Å². The van der Waals surface area contributed by atoms with Gasteiger partial charge in [0.1, 0.15) is 5.82 Å². The zero-order chi connectivity index (χ0) is 21.2. The highest BCUT2D eigenvalue weighted by Crippen LogP contribution is 2.30. The van der Waals surface area contributed by atoms with Crippen molar-refractivity contribution < 1.29 is 14.3 Å². The van der Waals surface area contributed by atoms with E-state index in [1.165, 1.54) is 0 Å². The molecule has 1 aromatic heterocycles. The maximum atomic E-state index is 12.6. The topological polar surface area (TPSA) is 83.6 Å². The molecule has 0 radical (unpaired) electrons. The molecule has 0 spiro atoms. The third-order valence-corrected chi connectivity index (χ3v) is 5.65. The molecule has 2 N–H and O–H groups in total. The quantitative estimate of drug-likeness (QED) is 0.686. The Labute approximate surface area is 180 Å². The first-order chi connectivity index (χ1) is 15.2. The van der Waals surface area contributed by atoms with Crippen molar-refractivity contribution >= 4 is 23.3 Å². The van der Waals surface area contributed by atoms with Crippen LogP contribution in [0.4, 0.5) is 11.5 Å². The van der Waals surface area contributed by atoms with Crippen molar-refractivity contribution in [3.63, 3.8) is 0 Å². The molecule has 2 aromatic carbocycles. The molecule has 1 saturated heterocycles. The molecule has 0 unspecified atom stereocenters. The highest BCUT2D eigenvalue weighted by molar-refractivity contribution is 6.04. The Morgan fingerprint density at radius 3 is 2.52 bits per heavy atom. The van der Waals surface area contributed by atoms with Crippen LogP contribution < -0.4 is 15.5 Å². The Balaban J connectivity index is 1.28. The van der Waals surface area contributed by atoms with E-state index in [9.17, 15) is 9.59 Å². The standard InChI is InChI=1S/C24H22N4O3/c29-23(17-6-9-22(25-14-17)28-10-12-31-13-11-28)27-18-7-4-16(5-8-18)19-2-1-3-20-21(19)15-26-24(20)30/h1-9,14H,10-13,15H2,(H,26,30)(H,27,29). The van der Waals surface area contributed by atoms with Gasteiger partial charge in [-0.1, -0.05) is 24.3 Å². The summed E-state index contributed by atoms with van der Waals surface area (Å²) in [7, 11) is 0. The molecular weight excluding hydrogens is 392 g/mol. The monoisotopic (exact) mass is 414 g/mol. The van der Waals surface area contributed by atoms with E-state index in [0.717, 1.165) is 41.2 Å². The number of carbonyl (C=O) groups is 2. The van der Waals surface area contributed by atoms with E-state index in [1.54, 1.807) is 12.3 Å². The average Bonchev–Trinajstić information content (AvgIpc) is 3.21.